The van der Waals surface area contributed by atoms with E-state index < -0.39 is 30.5 Å². The standard InChI is InChI=1S/C22H18N2O6S/c1-28-21(26)14-6-8-15(9-7-14)22(27)30-13-20(25)24-17(18-4-2-10-29-18)12-16(23-24)19-5-3-11-31-19/h2-11,17H,12-13H2,1H3. The van der Waals surface area contributed by atoms with Gasteiger partial charge in [-0.2, -0.15) is 5.10 Å². The van der Waals surface area contributed by atoms with Gasteiger partial charge in [0.1, 0.15) is 11.8 Å². The van der Waals surface area contributed by atoms with Gasteiger partial charge >= 0.3 is 11.9 Å². The van der Waals surface area contributed by atoms with Gasteiger partial charge in [0.2, 0.25) is 0 Å². The molecule has 1 aromatic carbocycles. The average molecular weight is 438 g/mol. The first kappa shape index (κ1) is 20.5. The summed E-state index contributed by atoms with van der Waals surface area (Å²) in [6.07, 6.45) is 2.04. The van der Waals surface area contributed by atoms with E-state index in [-0.39, 0.29) is 5.56 Å². The molecule has 31 heavy (non-hydrogen) atoms. The lowest BCUT2D eigenvalue weighted by Gasteiger charge is -2.19. The van der Waals surface area contributed by atoms with Crippen LogP contribution in [-0.4, -0.2) is 42.3 Å². The van der Waals surface area contributed by atoms with Crippen LogP contribution in [0.25, 0.3) is 0 Å². The summed E-state index contributed by atoms with van der Waals surface area (Å²) in [6.45, 7) is -0.476. The van der Waals surface area contributed by atoms with Crippen molar-refractivity contribution >= 4 is 34.9 Å². The van der Waals surface area contributed by atoms with Gasteiger partial charge in [-0.15, -0.1) is 11.3 Å². The highest BCUT2D eigenvalue weighted by Crippen LogP contribution is 2.34. The van der Waals surface area contributed by atoms with Gasteiger partial charge in [0.15, 0.2) is 6.61 Å². The first-order valence-electron chi connectivity index (χ1n) is 9.39. The van der Waals surface area contributed by atoms with E-state index in [9.17, 15) is 14.4 Å². The highest BCUT2D eigenvalue weighted by molar-refractivity contribution is 7.12. The zero-order valence-electron chi connectivity index (χ0n) is 16.5. The van der Waals surface area contributed by atoms with Crippen molar-refractivity contribution in [1.82, 2.24) is 5.01 Å². The summed E-state index contributed by atoms with van der Waals surface area (Å²) >= 11 is 1.54. The quantitative estimate of drug-likeness (QED) is 0.545. The van der Waals surface area contributed by atoms with Crippen LogP contribution in [0.2, 0.25) is 0 Å². The number of carbonyl (C=O) groups is 3. The summed E-state index contributed by atoms with van der Waals surface area (Å²) in [5, 5.41) is 7.72. The van der Waals surface area contributed by atoms with Crippen molar-refractivity contribution in [3.63, 3.8) is 0 Å². The minimum absolute atomic E-state index is 0.215. The van der Waals surface area contributed by atoms with Crippen LogP contribution in [0, 0.1) is 0 Å². The van der Waals surface area contributed by atoms with Crippen LogP contribution in [-0.2, 0) is 14.3 Å². The van der Waals surface area contributed by atoms with Crippen LogP contribution < -0.4 is 0 Å². The maximum absolute atomic E-state index is 12.8. The van der Waals surface area contributed by atoms with Gasteiger partial charge in [-0.05, 0) is 47.8 Å². The molecule has 0 spiro atoms. The summed E-state index contributed by atoms with van der Waals surface area (Å²) < 4.78 is 15.3. The van der Waals surface area contributed by atoms with Gasteiger partial charge in [0, 0.05) is 6.42 Å². The molecule has 8 nitrogen and oxygen atoms in total. The van der Waals surface area contributed by atoms with Gasteiger partial charge < -0.3 is 13.9 Å². The molecule has 3 aromatic rings. The van der Waals surface area contributed by atoms with Crippen LogP contribution in [0.1, 0.15) is 43.8 Å². The molecule has 4 rings (SSSR count). The Balaban J connectivity index is 1.44. The van der Waals surface area contributed by atoms with Crippen molar-refractivity contribution in [1.29, 1.82) is 0 Å². The van der Waals surface area contributed by atoms with Gasteiger partial charge in [0.25, 0.3) is 5.91 Å². The molecule has 0 saturated carbocycles. The van der Waals surface area contributed by atoms with E-state index >= 15 is 0 Å². The number of hydrazone groups is 1. The smallest absolute Gasteiger partial charge is 0.338 e. The maximum Gasteiger partial charge on any atom is 0.338 e. The van der Waals surface area contributed by atoms with Crippen LogP contribution in [0.4, 0.5) is 0 Å². The Morgan fingerprint density at radius 1 is 1.10 bits per heavy atom. The Bertz CT molecular complexity index is 1100. The highest BCUT2D eigenvalue weighted by atomic mass is 32.1. The summed E-state index contributed by atoms with van der Waals surface area (Å²) in [7, 11) is 1.27. The molecule has 0 saturated heterocycles. The molecule has 1 atom stereocenters. The summed E-state index contributed by atoms with van der Waals surface area (Å²) in [5.74, 6) is -1.05. The van der Waals surface area contributed by atoms with Crippen molar-refractivity contribution in [3.05, 3.63) is 81.9 Å². The molecule has 0 fully saturated rings. The molecule has 2 aromatic heterocycles. The number of thiophene rings is 1. The largest absolute Gasteiger partial charge is 0.467 e. The van der Waals surface area contributed by atoms with Crippen LogP contribution in [0.5, 0.6) is 0 Å². The van der Waals surface area contributed by atoms with E-state index in [0.29, 0.717) is 17.7 Å². The molecule has 0 bridgehead atoms. The molecule has 0 N–H and O–H groups in total. The fourth-order valence-electron chi connectivity index (χ4n) is 3.17. The zero-order chi connectivity index (χ0) is 21.8. The van der Waals surface area contributed by atoms with Crippen molar-refractivity contribution in [2.45, 2.75) is 12.5 Å². The zero-order valence-corrected chi connectivity index (χ0v) is 17.3. The Morgan fingerprint density at radius 2 is 1.84 bits per heavy atom. The number of benzene rings is 1. The average Bonchev–Trinajstić information content (AvgIpc) is 3.56. The molecule has 9 heteroatoms. The Labute approximate surface area is 181 Å². The molecule has 1 amide bonds. The molecular weight excluding hydrogens is 420 g/mol. The SMILES string of the molecule is COC(=O)c1ccc(C(=O)OCC(=O)N2N=C(c3cccs3)CC2c2ccco2)cc1. The molecule has 0 aliphatic carbocycles. The van der Waals surface area contributed by atoms with Crippen LogP contribution in [0.3, 0.4) is 0 Å². The lowest BCUT2D eigenvalue weighted by Crippen LogP contribution is -2.31. The monoisotopic (exact) mass is 438 g/mol. The summed E-state index contributed by atoms with van der Waals surface area (Å²) in [5.41, 5.74) is 1.30. The predicted molar refractivity (Wildman–Crippen MR) is 112 cm³/mol. The number of furan rings is 1. The number of hydrogen-bond acceptors (Lipinski definition) is 8. The van der Waals surface area contributed by atoms with Crippen molar-refractivity contribution in [3.8, 4) is 0 Å². The predicted octanol–water partition coefficient (Wildman–Crippen LogP) is 3.66. The number of ether oxygens (including phenoxy) is 2. The van der Waals surface area contributed by atoms with E-state index in [1.54, 1.807) is 18.4 Å². The molecule has 3 heterocycles. The normalized spacial score (nSPS) is 15.5. The third kappa shape index (κ3) is 4.41. The van der Waals surface area contributed by atoms with E-state index in [0.717, 1.165) is 10.6 Å². The molecule has 1 unspecified atom stereocenters. The Hall–Kier alpha value is -3.72. The fraction of sp³-hybridized carbons (Fsp3) is 0.182. The number of esters is 2. The minimum atomic E-state index is -0.680. The lowest BCUT2D eigenvalue weighted by atomic mass is 10.1. The van der Waals surface area contributed by atoms with E-state index in [4.69, 9.17) is 9.15 Å². The molecular formula is C22H18N2O6S. The van der Waals surface area contributed by atoms with Crippen molar-refractivity contribution in [2.75, 3.05) is 13.7 Å². The number of amides is 1. The van der Waals surface area contributed by atoms with Crippen molar-refractivity contribution in [2.24, 2.45) is 5.10 Å². The first-order valence-corrected chi connectivity index (χ1v) is 10.3. The second kappa shape index (κ2) is 8.97. The first-order chi connectivity index (χ1) is 15.1. The van der Waals surface area contributed by atoms with E-state index in [1.165, 1.54) is 47.7 Å². The molecule has 158 valence electrons. The summed E-state index contributed by atoms with van der Waals surface area (Å²) in [4.78, 5) is 37.6. The van der Waals surface area contributed by atoms with Crippen LogP contribution >= 0.6 is 11.3 Å². The number of hydrogen-bond donors (Lipinski definition) is 0. The lowest BCUT2D eigenvalue weighted by molar-refractivity contribution is -0.136. The summed E-state index contributed by atoms with van der Waals surface area (Å²) in [6, 6.07) is 12.8. The van der Waals surface area contributed by atoms with E-state index in [1.807, 2.05) is 17.5 Å². The number of rotatable bonds is 6. The number of methoxy groups -OCH3 is 1. The molecule has 1 aliphatic heterocycles. The third-order valence-electron chi connectivity index (χ3n) is 4.71. The second-order valence-corrected chi connectivity index (χ2v) is 7.59. The third-order valence-corrected chi connectivity index (χ3v) is 5.63. The van der Waals surface area contributed by atoms with Gasteiger partial charge in [0.05, 0.1) is 35.1 Å². The Morgan fingerprint density at radius 3 is 2.45 bits per heavy atom. The van der Waals surface area contributed by atoms with Gasteiger partial charge in [-0.3, -0.25) is 4.79 Å². The topological polar surface area (TPSA) is 98.4 Å². The maximum atomic E-state index is 12.8. The number of nitrogens with zero attached hydrogens (tertiary/aromatic N) is 2. The fourth-order valence-corrected chi connectivity index (χ4v) is 3.89. The molecule has 0 radical (unpaired) electrons. The van der Waals surface area contributed by atoms with Gasteiger partial charge in [-0.25, -0.2) is 14.6 Å². The Kier molecular flexibility index (Phi) is 5.94. The minimum Gasteiger partial charge on any atom is -0.467 e. The van der Waals surface area contributed by atoms with Gasteiger partial charge in [-0.1, -0.05) is 6.07 Å². The van der Waals surface area contributed by atoms with Crippen LogP contribution in [0.15, 0.2) is 69.7 Å². The highest BCUT2D eigenvalue weighted by Gasteiger charge is 2.35. The van der Waals surface area contributed by atoms with Crippen molar-refractivity contribution < 1.29 is 28.3 Å². The van der Waals surface area contributed by atoms with E-state index in [2.05, 4.69) is 9.84 Å². The number of carbonyl (C=O) groups excluding carboxylic acids is 3. The second-order valence-electron chi connectivity index (χ2n) is 6.64. The molecule has 1 aliphatic rings.